The molecule has 0 unspecified atom stereocenters. The Morgan fingerprint density at radius 1 is 1.52 bits per heavy atom. The van der Waals surface area contributed by atoms with E-state index in [2.05, 4.69) is 17.3 Å². The van der Waals surface area contributed by atoms with Gasteiger partial charge in [-0.25, -0.2) is 4.79 Å². The summed E-state index contributed by atoms with van der Waals surface area (Å²) in [5.41, 5.74) is 1.68. The van der Waals surface area contributed by atoms with Crippen LogP contribution in [0.3, 0.4) is 0 Å². The molecule has 0 radical (unpaired) electrons. The first-order valence-corrected chi connectivity index (χ1v) is 7.52. The standard InChI is InChI=1S/C15H25N3O3/c1-4-21-14(19)12-9-17-18(3)13(12)10-16-11-15(2)5-7-20-8-6-15/h9,16H,4-8,10-11H2,1-3H3. The van der Waals surface area contributed by atoms with Gasteiger partial charge in [0.1, 0.15) is 5.56 Å². The van der Waals surface area contributed by atoms with E-state index in [-0.39, 0.29) is 11.4 Å². The molecule has 0 amide bonds. The van der Waals surface area contributed by atoms with Gasteiger partial charge in [-0.15, -0.1) is 0 Å². The second kappa shape index (κ2) is 7.04. The molecule has 2 heterocycles. The number of aromatic nitrogens is 2. The zero-order chi connectivity index (χ0) is 15.3. The molecule has 1 aliphatic rings. The summed E-state index contributed by atoms with van der Waals surface area (Å²) < 4.78 is 12.2. The number of nitrogens with zero attached hydrogens (tertiary/aromatic N) is 2. The van der Waals surface area contributed by atoms with Crippen molar-refractivity contribution >= 4 is 5.97 Å². The van der Waals surface area contributed by atoms with Crippen LogP contribution in [-0.4, -0.2) is 42.1 Å². The van der Waals surface area contributed by atoms with Gasteiger partial charge >= 0.3 is 5.97 Å². The zero-order valence-corrected chi connectivity index (χ0v) is 13.1. The smallest absolute Gasteiger partial charge is 0.341 e. The normalized spacial score (nSPS) is 17.7. The predicted octanol–water partition coefficient (Wildman–Crippen LogP) is 1.50. The molecule has 0 atom stereocenters. The molecule has 1 aromatic rings. The third kappa shape index (κ3) is 4.04. The fourth-order valence-electron chi connectivity index (χ4n) is 2.58. The van der Waals surface area contributed by atoms with Crippen molar-refractivity contribution in [2.45, 2.75) is 33.2 Å². The lowest BCUT2D eigenvalue weighted by Gasteiger charge is -2.33. The number of ether oxygens (including phenoxy) is 2. The van der Waals surface area contributed by atoms with E-state index in [9.17, 15) is 4.79 Å². The van der Waals surface area contributed by atoms with Crippen molar-refractivity contribution in [3.8, 4) is 0 Å². The number of nitrogens with one attached hydrogen (secondary N) is 1. The molecule has 0 aromatic carbocycles. The average molecular weight is 295 g/mol. The molecule has 6 nitrogen and oxygen atoms in total. The number of carbonyl (C=O) groups excluding carboxylic acids is 1. The topological polar surface area (TPSA) is 65.4 Å². The summed E-state index contributed by atoms with van der Waals surface area (Å²) in [6.07, 6.45) is 3.71. The lowest BCUT2D eigenvalue weighted by Crippen LogP contribution is -2.37. The number of hydrogen-bond acceptors (Lipinski definition) is 5. The van der Waals surface area contributed by atoms with E-state index in [0.717, 1.165) is 38.3 Å². The van der Waals surface area contributed by atoms with Crippen molar-refractivity contribution in [3.63, 3.8) is 0 Å². The molecule has 1 aliphatic heterocycles. The van der Waals surface area contributed by atoms with Crippen LogP contribution >= 0.6 is 0 Å². The number of carbonyl (C=O) groups is 1. The highest BCUT2D eigenvalue weighted by Gasteiger charge is 2.27. The van der Waals surface area contributed by atoms with Crippen molar-refractivity contribution < 1.29 is 14.3 Å². The van der Waals surface area contributed by atoms with E-state index in [4.69, 9.17) is 9.47 Å². The fourth-order valence-corrected chi connectivity index (χ4v) is 2.58. The summed E-state index contributed by atoms with van der Waals surface area (Å²) in [4.78, 5) is 11.9. The van der Waals surface area contributed by atoms with E-state index < -0.39 is 0 Å². The molecule has 2 rings (SSSR count). The summed E-state index contributed by atoms with van der Waals surface area (Å²) in [5.74, 6) is -0.306. The van der Waals surface area contributed by atoms with Gasteiger partial charge in [0.15, 0.2) is 0 Å². The predicted molar refractivity (Wildman–Crippen MR) is 79.0 cm³/mol. The molecule has 0 saturated carbocycles. The Morgan fingerprint density at radius 2 is 2.24 bits per heavy atom. The lowest BCUT2D eigenvalue weighted by molar-refractivity contribution is 0.0239. The van der Waals surface area contributed by atoms with Crippen LogP contribution in [0.15, 0.2) is 6.20 Å². The van der Waals surface area contributed by atoms with Gasteiger partial charge in [-0.05, 0) is 25.2 Å². The average Bonchev–Trinajstić information content (AvgIpc) is 2.81. The SMILES string of the molecule is CCOC(=O)c1cnn(C)c1CNCC1(C)CCOCC1. The zero-order valence-electron chi connectivity index (χ0n) is 13.1. The highest BCUT2D eigenvalue weighted by molar-refractivity contribution is 5.90. The second-order valence-corrected chi connectivity index (χ2v) is 5.88. The molecule has 0 spiro atoms. The van der Waals surface area contributed by atoms with Gasteiger partial charge in [-0.3, -0.25) is 4.68 Å². The maximum atomic E-state index is 11.9. The van der Waals surface area contributed by atoms with Crippen molar-refractivity contribution in [1.82, 2.24) is 15.1 Å². The Kier molecular flexibility index (Phi) is 5.36. The van der Waals surface area contributed by atoms with Crippen LogP contribution in [0.5, 0.6) is 0 Å². The van der Waals surface area contributed by atoms with E-state index >= 15 is 0 Å². The second-order valence-electron chi connectivity index (χ2n) is 5.88. The highest BCUT2D eigenvalue weighted by atomic mass is 16.5. The molecule has 1 fully saturated rings. The van der Waals surface area contributed by atoms with Gasteiger partial charge in [-0.1, -0.05) is 6.92 Å². The van der Waals surface area contributed by atoms with Gasteiger partial charge in [0.25, 0.3) is 0 Å². The fraction of sp³-hybridized carbons (Fsp3) is 0.733. The first-order valence-electron chi connectivity index (χ1n) is 7.52. The minimum Gasteiger partial charge on any atom is -0.462 e. The third-order valence-electron chi connectivity index (χ3n) is 4.10. The Balaban J connectivity index is 1.93. The number of esters is 1. The quantitative estimate of drug-likeness (QED) is 0.806. The van der Waals surface area contributed by atoms with Crippen LogP contribution < -0.4 is 5.32 Å². The number of hydrogen-bond donors (Lipinski definition) is 1. The third-order valence-corrected chi connectivity index (χ3v) is 4.10. The molecular formula is C15H25N3O3. The Bertz CT molecular complexity index is 479. The Morgan fingerprint density at radius 3 is 2.90 bits per heavy atom. The number of aryl methyl sites for hydroxylation is 1. The molecule has 21 heavy (non-hydrogen) atoms. The number of rotatable bonds is 6. The summed E-state index contributed by atoms with van der Waals surface area (Å²) in [6.45, 7) is 7.63. The monoisotopic (exact) mass is 295 g/mol. The highest BCUT2D eigenvalue weighted by Crippen LogP contribution is 2.28. The molecule has 6 heteroatoms. The summed E-state index contributed by atoms with van der Waals surface area (Å²) >= 11 is 0. The summed E-state index contributed by atoms with van der Waals surface area (Å²) in [7, 11) is 1.84. The van der Waals surface area contributed by atoms with Crippen LogP contribution in [0.1, 0.15) is 42.7 Å². The van der Waals surface area contributed by atoms with E-state index in [1.54, 1.807) is 17.8 Å². The lowest BCUT2D eigenvalue weighted by atomic mass is 9.82. The minimum absolute atomic E-state index is 0.265. The van der Waals surface area contributed by atoms with E-state index in [1.807, 2.05) is 7.05 Å². The van der Waals surface area contributed by atoms with E-state index in [1.165, 1.54) is 0 Å². The molecule has 0 bridgehead atoms. The first kappa shape index (κ1) is 16.0. The van der Waals surface area contributed by atoms with Crippen LogP contribution in [0.25, 0.3) is 0 Å². The molecule has 1 saturated heterocycles. The largest absolute Gasteiger partial charge is 0.462 e. The first-order chi connectivity index (χ1) is 10.1. The molecule has 1 N–H and O–H groups in total. The molecule has 0 aliphatic carbocycles. The Labute approximate surface area is 125 Å². The minimum atomic E-state index is -0.306. The summed E-state index contributed by atoms with van der Waals surface area (Å²) in [6, 6.07) is 0. The maximum Gasteiger partial charge on any atom is 0.341 e. The van der Waals surface area contributed by atoms with Crippen LogP contribution in [0.4, 0.5) is 0 Å². The van der Waals surface area contributed by atoms with Gasteiger partial charge in [-0.2, -0.15) is 5.10 Å². The van der Waals surface area contributed by atoms with Crippen LogP contribution in [0.2, 0.25) is 0 Å². The van der Waals surface area contributed by atoms with Gasteiger partial charge in [0.2, 0.25) is 0 Å². The molecule has 118 valence electrons. The van der Waals surface area contributed by atoms with Crippen LogP contribution in [-0.2, 0) is 23.1 Å². The van der Waals surface area contributed by atoms with Crippen LogP contribution in [0, 0.1) is 5.41 Å². The Hall–Kier alpha value is -1.40. The van der Waals surface area contributed by atoms with Crippen molar-refractivity contribution in [1.29, 1.82) is 0 Å². The van der Waals surface area contributed by atoms with Gasteiger partial charge in [0, 0.05) is 33.4 Å². The van der Waals surface area contributed by atoms with E-state index in [0.29, 0.717) is 18.7 Å². The van der Waals surface area contributed by atoms with Gasteiger partial charge < -0.3 is 14.8 Å². The van der Waals surface area contributed by atoms with Crippen molar-refractivity contribution in [2.75, 3.05) is 26.4 Å². The maximum absolute atomic E-state index is 11.9. The molecule has 1 aromatic heterocycles. The van der Waals surface area contributed by atoms with Crippen molar-refractivity contribution in [2.24, 2.45) is 12.5 Å². The van der Waals surface area contributed by atoms with Gasteiger partial charge in [0.05, 0.1) is 18.5 Å². The summed E-state index contributed by atoms with van der Waals surface area (Å²) in [5, 5.41) is 7.61. The molecular weight excluding hydrogens is 270 g/mol. The van der Waals surface area contributed by atoms with Crippen molar-refractivity contribution in [3.05, 3.63) is 17.5 Å².